The van der Waals surface area contributed by atoms with Crippen molar-refractivity contribution in [1.82, 2.24) is 0 Å². The summed E-state index contributed by atoms with van der Waals surface area (Å²) in [6.07, 6.45) is 0. The van der Waals surface area contributed by atoms with E-state index in [0.717, 1.165) is 5.56 Å². The van der Waals surface area contributed by atoms with E-state index in [4.69, 9.17) is 9.99 Å². The zero-order chi connectivity index (χ0) is 18.9. The first kappa shape index (κ1) is 18.7. The fourth-order valence-electron chi connectivity index (χ4n) is 2.05. The maximum absolute atomic E-state index is 13.8. The number of carbonyl (C=O) groups excluding carboxylic acids is 1. The smallest absolute Gasteiger partial charge is 0.349 e. The van der Waals surface area contributed by atoms with Crippen molar-refractivity contribution in [3.63, 3.8) is 0 Å². The van der Waals surface area contributed by atoms with E-state index in [1.54, 1.807) is 12.1 Å². The molecule has 0 bridgehead atoms. The van der Waals surface area contributed by atoms with Crippen LogP contribution in [0, 0.1) is 23.3 Å². The van der Waals surface area contributed by atoms with Crippen molar-refractivity contribution in [3.05, 3.63) is 58.7 Å². The quantitative estimate of drug-likeness (QED) is 0.217. The molecule has 0 aromatic heterocycles. The van der Waals surface area contributed by atoms with Gasteiger partial charge in [-0.3, -0.25) is 0 Å². The van der Waals surface area contributed by atoms with E-state index in [1.807, 2.05) is 20.8 Å². The number of hydrogen-bond acceptors (Lipinski definition) is 4. The molecule has 0 radical (unpaired) electrons. The van der Waals surface area contributed by atoms with Gasteiger partial charge in [0.2, 0.25) is 17.4 Å². The lowest BCUT2D eigenvalue weighted by Gasteiger charge is -2.19. The van der Waals surface area contributed by atoms with Crippen LogP contribution in [0.25, 0.3) is 0 Å². The average molecular weight is 358 g/mol. The van der Waals surface area contributed by atoms with E-state index < -0.39 is 40.6 Å². The molecule has 8 heteroatoms. The fourth-order valence-corrected chi connectivity index (χ4v) is 2.05. The zero-order valence-corrected chi connectivity index (χ0v) is 13.5. The first-order valence-electron chi connectivity index (χ1n) is 7.08. The summed E-state index contributed by atoms with van der Waals surface area (Å²) in [5.74, 6) is -11.6. The van der Waals surface area contributed by atoms with Gasteiger partial charge in [-0.05, 0) is 23.1 Å². The monoisotopic (exact) mass is 358 g/mol. The molecule has 0 heterocycles. The van der Waals surface area contributed by atoms with Gasteiger partial charge in [-0.2, -0.15) is 8.78 Å². The standard InChI is InChI=1S/C17H14F4O4/c1-17(2,3)8-4-6-9(7-5-8)24-16(22)10-11(18)13(20)15(25-23)14(21)12(10)19/h4-7,23H,1-3H3. The Hall–Kier alpha value is -2.61. The first-order valence-corrected chi connectivity index (χ1v) is 7.08. The molecule has 134 valence electrons. The molecule has 4 nitrogen and oxygen atoms in total. The molecule has 0 amide bonds. The molecule has 2 aromatic rings. The minimum Gasteiger partial charge on any atom is -0.423 e. The van der Waals surface area contributed by atoms with Crippen LogP contribution in [-0.4, -0.2) is 11.2 Å². The molecule has 0 spiro atoms. The summed E-state index contributed by atoms with van der Waals surface area (Å²) in [5, 5.41) is 8.27. The van der Waals surface area contributed by atoms with Crippen molar-refractivity contribution in [1.29, 1.82) is 0 Å². The van der Waals surface area contributed by atoms with Gasteiger partial charge in [-0.15, -0.1) is 0 Å². The summed E-state index contributed by atoms with van der Waals surface area (Å²) >= 11 is 0. The molecule has 0 atom stereocenters. The van der Waals surface area contributed by atoms with Crippen LogP contribution in [0.4, 0.5) is 17.6 Å². The topological polar surface area (TPSA) is 55.8 Å². The Morgan fingerprint density at radius 1 is 0.920 bits per heavy atom. The highest BCUT2D eigenvalue weighted by Gasteiger charge is 2.32. The second kappa shape index (κ2) is 6.72. The van der Waals surface area contributed by atoms with Crippen molar-refractivity contribution in [3.8, 4) is 11.5 Å². The van der Waals surface area contributed by atoms with Gasteiger partial charge in [0.15, 0.2) is 11.6 Å². The van der Waals surface area contributed by atoms with Gasteiger partial charge in [-0.1, -0.05) is 32.9 Å². The number of esters is 1. The molecule has 25 heavy (non-hydrogen) atoms. The van der Waals surface area contributed by atoms with Crippen molar-refractivity contribution in [2.24, 2.45) is 0 Å². The Morgan fingerprint density at radius 2 is 1.40 bits per heavy atom. The van der Waals surface area contributed by atoms with Crippen LogP contribution < -0.4 is 9.62 Å². The van der Waals surface area contributed by atoms with E-state index >= 15 is 0 Å². The Morgan fingerprint density at radius 3 is 1.80 bits per heavy atom. The Bertz CT molecular complexity index is 782. The van der Waals surface area contributed by atoms with Gasteiger partial charge in [0.25, 0.3) is 0 Å². The lowest BCUT2D eigenvalue weighted by molar-refractivity contribution is -0.144. The van der Waals surface area contributed by atoms with Gasteiger partial charge >= 0.3 is 5.97 Å². The van der Waals surface area contributed by atoms with E-state index in [0.29, 0.717) is 0 Å². The summed E-state index contributed by atoms with van der Waals surface area (Å²) in [7, 11) is 0. The highest BCUT2D eigenvalue weighted by atomic mass is 19.2. The number of rotatable bonds is 3. The summed E-state index contributed by atoms with van der Waals surface area (Å²) in [6.45, 7) is 5.86. The molecule has 2 rings (SSSR count). The summed E-state index contributed by atoms with van der Waals surface area (Å²) in [4.78, 5) is 15.2. The van der Waals surface area contributed by atoms with Crippen LogP contribution in [0.1, 0.15) is 36.7 Å². The molecular weight excluding hydrogens is 344 g/mol. The Kier molecular flexibility index (Phi) is 5.03. The van der Waals surface area contributed by atoms with Crippen molar-refractivity contribution in [2.45, 2.75) is 26.2 Å². The third kappa shape index (κ3) is 3.58. The van der Waals surface area contributed by atoms with E-state index in [1.165, 1.54) is 12.1 Å². The lowest BCUT2D eigenvalue weighted by Crippen LogP contribution is -2.17. The van der Waals surface area contributed by atoms with Crippen LogP contribution in [0.3, 0.4) is 0 Å². The number of carbonyl (C=O) groups is 1. The maximum atomic E-state index is 13.8. The van der Waals surface area contributed by atoms with Crippen LogP contribution in [0.15, 0.2) is 24.3 Å². The SMILES string of the molecule is CC(C)(C)c1ccc(OC(=O)c2c(F)c(F)c(OO)c(F)c2F)cc1. The minimum atomic E-state index is -2.06. The lowest BCUT2D eigenvalue weighted by atomic mass is 9.87. The molecule has 0 aliphatic rings. The van der Waals surface area contributed by atoms with Crippen LogP contribution >= 0.6 is 0 Å². The maximum Gasteiger partial charge on any atom is 0.349 e. The number of benzene rings is 2. The van der Waals surface area contributed by atoms with Crippen LogP contribution in [-0.2, 0) is 5.41 Å². The average Bonchev–Trinajstić information content (AvgIpc) is 2.53. The zero-order valence-electron chi connectivity index (χ0n) is 13.5. The number of halogens is 4. The molecule has 0 aliphatic heterocycles. The van der Waals surface area contributed by atoms with Gasteiger partial charge < -0.3 is 9.62 Å². The first-order chi connectivity index (χ1) is 11.6. The Balaban J connectivity index is 2.36. The van der Waals surface area contributed by atoms with Gasteiger partial charge in [-0.25, -0.2) is 18.8 Å². The Labute approximate surface area is 140 Å². The third-order valence-corrected chi connectivity index (χ3v) is 3.45. The minimum absolute atomic E-state index is 0.0694. The fraction of sp³-hybridized carbons (Fsp3) is 0.235. The highest BCUT2D eigenvalue weighted by molar-refractivity contribution is 5.92. The molecular formula is C17H14F4O4. The van der Waals surface area contributed by atoms with E-state index in [2.05, 4.69) is 4.89 Å². The van der Waals surface area contributed by atoms with Crippen molar-refractivity contribution >= 4 is 5.97 Å². The molecule has 2 aromatic carbocycles. The molecule has 0 saturated carbocycles. The molecule has 0 aliphatic carbocycles. The summed E-state index contributed by atoms with van der Waals surface area (Å²) in [5.41, 5.74) is -0.838. The van der Waals surface area contributed by atoms with Gasteiger partial charge in [0.1, 0.15) is 11.3 Å². The number of hydrogen-bond donors (Lipinski definition) is 1. The second-order valence-corrected chi connectivity index (χ2v) is 6.22. The van der Waals surface area contributed by atoms with E-state index in [-0.39, 0.29) is 11.2 Å². The van der Waals surface area contributed by atoms with Gasteiger partial charge in [0, 0.05) is 0 Å². The highest BCUT2D eigenvalue weighted by Crippen LogP contribution is 2.31. The molecule has 0 fully saturated rings. The predicted octanol–water partition coefficient (Wildman–Crippen LogP) is 4.61. The largest absolute Gasteiger partial charge is 0.423 e. The van der Waals surface area contributed by atoms with Gasteiger partial charge in [0.05, 0.1) is 0 Å². The summed E-state index contributed by atoms with van der Waals surface area (Å²) in [6, 6.07) is 6.04. The third-order valence-electron chi connectivity index (χ3n) is 3.45. The molecule has 0 unspecified atom stereocenters. The van der Waals surface area contributed by atoms with Crippen molar-refractivity contribution < 1.29 is 37.2 Å². The van der Waals surface area contributed by atoms with E-state index in [9.17, 15) is 22.4 Å². The second-order valence-electron chi connectivity index (χ2n) is 6.22. The summed E-state index contributed by atoms with van der Waals surface area (Å²) < 4.78 is 59.4. The molecule has 1 N–H and O–H groups in total. The molecule has 0 saturated heterocycles. The predicted molar refractivity (Wildman–Crippen MR) is 79.6 cm³/mol. The number of ether oxygens (including phenoxy) is 1. The van der Waals surface area contributed by atoms with Crippen LogP contribution in [0.2, 0.25) is 0 Å². The normalized spacial score (nSPS) is 11.4. The van der Waals surface area contributed by atoms with Crippen molar-refractivity contribution in [2.75, 3.05) is 0 Å². The van der Waals surface area contributed by atoms with Crippen LogP contribution in [0.5, 0.6) is 11.5 Å².